The van der Waals surface area contributed by atoms with Crippen molar-refractivity contribution in [2.75, 3.05) is 18.8 Å². The summed E-state index contributed by atoms with van der Waals surface area (Å²) in [6.45, 7) is 2.39. The quantitative estimate of drug-likeness (QED) is 0.708. The molecular weight excluding hydrogens is 208 g/mol. The van der Waals surface area contributed by atoms with Crippen molar-refractivity contribution in [1.29, 1.82) is 0 Å². The average molecular weight is 228 g/mol. The Labute approximate surface area is 97.0 Å². The molecule has 2 aliphatic rings. The minimum Gasteiger partial charge on any atom is -0.352 e. The predicted molar refractivity (Wildman–Crippen MR) is 64.2 cm³/mol. The monoisotopic (exact) mass is 228 g/mol. The lowest BCUT2D eigenvalue weighted by Gasteiger charge is -2.32. The van der Waals surface area contributed by atoms with E-state index in [-0.39, 0.29) is 5.91 Å². The summed E-state index contributed by atoms with van der Waals surface area (Å²) in [5, 5.41) is 3.15. The van der Waals surface area contributed by atoms with Crippen molar-refractivity contribution in [3.8, 4) is 0 Å². The van der Waals surface area contributed by atoms with Gasteiger partial charge in [-0.05, 0) is 31.6 Å². The number of amides is 1. The molecule has 4 heteroatoms. The van der Waals surface area contributed by atoms with Gasteiger partial charge in [0, 0.05) is 25.0 Å². The molecule has 0 saturated carbocycles. The SMILES string of the molecule is O=C(CCS)NC1CCN2CCCCC12. The zero-order chi connectivity index (χ0) is 10.7. The molecule has 1 N–H and O–H groups in total. The molecule has 0 radical (unpaired) electrons. The number of carbonyl (C=O) groups is 1. The standard InChI is InChI=1S/C11H20N2OS/c14-11(5-8-15)12-9-4-7-13-6-2-1-3-10(9)13/h9-10,15H,1-8H2,(H,12,14). The molecule has 2 rings (SSSR count). The zero-order valence-corrected chi connectivity index (χ0v) is 10.0. The topological polar surface area (TPSA) is 32.3 Å². The Kier molecular flexibility index (Phi) is 3.92. The molecule has 2 fully saturated rings. The fraction of sp³-hybridized carbons (Fsp3) is 0.909. The van der Waals surface area contributed by atoms with Crippen LogP contribution in [0.4, 0.5) is 0 Å². The molecule has 2 aliphatic heterocycles. The Bertz CT molecular complexity index is 235. The highest BCUT2D eigenvalue weighted by molar-refractivity contribution is 7.80. The van der Waals surface area contributed by atoms with E-state index in [1.54, 1.807) is 0 Å². The van der Waals surface area contributed by atoms with Crippen LogP contribution < -0.4 is 5.32 Å². The number of hydrogen-bond acceptors (Lipinski definition) is 3. The molecule has 0 spiro atoms. The number of piperidine rings is 1. The number of nitrogens with one attached hydrogen (secondary N) is 1. The molecule has 2 saturated heterocycles. The normalized spacial score (nSPS) is 31.3. The van der Waals surface area contributed by atoms with Crippen molar-refractivity contribution in [2.24, 2.45) is 0 Å². The molecule has 86 valence electrons. The van der Waals surface area contributed by atoms with Crippen LogP contribution in [0.15, 0.2) is 0 Å². The predicted octanol–water partition coefficient (Wildman–Crippen LogP) is 1.05. The van der Waals surface area contributed by atoms with E-state index < -0.39 is 0 Å². The summed E-state index contributed by atoms with van der Waals surface area (Å²) in [5.74, 6) is 0.815. The lowest BCUT2D eigenvalue weighted by atomic mass is 9.99. The third-order valence-electron chi connectivity index (χ3n) is 3.54. The van der Waals surface area contributed by atoms with Crippen LogP contribution >= 0.6 is 12.6 Å². The molecule has 2 heterocycles. The first-order valence-electron chi connectivity index (χ1n) is 5.95. The summed E-state index contributed by atoms with van der Waals surface area (Å²) >= 11 is 4.08. The van der Waals surface area contributed by atoms with Crippen molar-refractivity contribution in [2.45, 2.75) is 44.2 Å². The number of hydrogen-bond donors (Lipinski definition) is 2. The van der Waals surface area contributed by atoms with Gasteiger partial charge in [0.05, 0.1) is 0 Å². The Morgan fingerprint density at radius 3 is 3.00 bits per heavy atom. The largest absolute Gasteiger partial charge is 0.352 e. The maximum Gasteiger partial charge on any atom is 0.221 e. The van der Waals surface area contributed by atoms with E-state index >= 15 is 0 Å². The smallest absolute Gasteiger partial charge is 0.221 e. The Hall–Kier alpha value is -0.220. The van der Waals surface area contributed by atoms with Gasteiger partial charge in [0.15, 0.2) is 0 Å². The van der Waals surface area contributed by atoms with E-state index in [4.69, 9.17) is 0 Å². The van der Waals surface area contributed by atoms with Crippen molar-refractivity contribution in [1.82, 2.24) is 10.2 Å². The van der Waals surface area contributed by atoms with Crippen LogP contribution in [0.5, 0.6) is 0 Å². The number of nitrogens with zero attached hydrogens (tertiary/aromatic N) is 1. The highest BCUT2D eigenvalue weighted by Gasteiger charge is 2.35. The summed E-state index contributed by atoms with van der Waals surface area (Å²) in [7, 11) is 0. The molecule has 0 aromatic rings. The molecule has 0 bridgehead atoms. The van der Waals surface area contributed by atoms with Crippen LogP contribution in [0.25, 0.3) is 0 Å². The second kappa shape index (κ2) is 5.21. The minimum absolute atomic E-state index is 0.169. The highest BCUT2D eigenvalue weighted by atomic mass is 32.1. The van der Waals surface area contributed by atoms with E-state index in [1.165, 1.54) is 25.8 Å². The number of rotatable bonds is 3. The summed E-state index contributed by atoms with van der Waals surface area (Å²) < 4.78 is 0. The van der Waals surface area contributed by atoms with E-state index in [0.29, 0.717) is 24.3 Å². The maximum atomic E-state index is 11.5. The fourth-order valence-corrected chi connectivity index (χ4v) is 3.00. The number of thiol groups is 1. The van der Waals surface area contributed by atoms with Gasteiger partial charge in [-0.25, -0.2) is 0 Å². The molecular formula is C11H20N2OS. The third kappa shape index (κ3) is 2.67. The van der Waals surface area contributed by atoms with Crippen molar-refractivity contribution < 1.29 is 4.79 Å². The van der Waals surface area contributed by atoms with Gasteiger partial charge >= 0.3 is 0 Å². The minimum atomic E-state index is 0.169. The third-order valence-corrected chi connectivity index (χ3v) is 3.76. The van der Waals surface area contributed by atoms with Crippen molar-refractivity contribution >= 4 is 18.5 Å². The first kappa shape index (κ1) is 11.3. The summed E-state index contributed by atoms with van der Waals surface area (Å²) in [5.41, 5.74) is 0. The second-order valence-electron chi connectivity index (χ2n) is 4.54. The van der Waals surface area contributed by atoms with Crippen LogP contribution in [-0.2, 0) is 4.79 Å². The van der Waals surface area contributed by atoms with Crippen molar-refractivity contribution in [3.63, 3.8) is 0 Å². The lowest BCUT2D eigenvalue weighted by Crippen LogP contribution is -2.46. The molecule has 0 aromatic carbocycles. The molecule has 0 aromatic heterocycles. The lowest BCUT2D eigenvalue weighted by molar-refractivity contribution is -0.121. The Balaban J connectivity index is 1.85. The summed E-state index contributed by atoms with van der Waals surface area (Å²) in [6.07, 6.45) is 5.58. The van der Waals surface area contributed by atoms with E-state index in [2.05, 4.69) is 22.8 Å². The maximum absolute atomic E-state index is 11.5. The average Bonchev–Trinajstić information content (AvgIpc) is 2.62. The first-order valence-corrected chi connectivity index (χ1v) is 6.59. The Morgan fingerprint density at radius 1 is 1.33 bits per heavy atom. The van der Waals surface area contributed by atoms with Crippen LogP contribution in [0, 0.1) is 0 Å². The van der Waals surface area contributed by atoms with E-state index in [0.717, 1.165) is 13.0 Å². The van der Waals surface area contributed by atoms with Gasteiger partial charge in [0.2, 0.25) is 5.91 Å². The van der Waals surface area contributed by atoms with Gasteiger partial charge in [0.25, 0.3) is 0 Å². The van der Waals surface area contributed by atoms with Gasteiger partial charge in [-0.15, -0.1) is 0 Å². The van der Waals surface area contributed by atoms with Gasteiger partial charge in [-0.2, -0.15) is 12.6 Å². The number of carbonyl (C=O) groups excluding carboxylic acids is 1. The first-order chi connectivity index (χ1) is 7.31. The van der Waals surface area contributed by atoms with Gasteiger partial charge in [-0.3, -0.25) is 9.69 Å². The fourth-order valence-electron chi connectivity index (χ4n) is 2.80. The van der Waals surface area contributed by atoms with Gasteiger partial charge in [-0.1, -0.05) is 6.42 Å². The summed E-state index contributed by atoms with van der Waals surface area (Å²) in [4.78, 5) is 14.0. The van der Waals surface area contributed by atoms with Crippen LogP contribution in [0.3, 0.4) is 0 Å². The van der Waals surface area contributed by atoms with E-state index in [1.807, 2.05) is 0 Å². The highest BCUT2D eigenvalue weighted by Crippen LogP contribution is 2.27. The molecule has 2 unspecified atom stereocenters. The second-order valence-corrected chi connectivity index (χ2v) is 4.98. The zero-order valence-electron chi connectivity index (χ0n) is 9.11. The molecule has 15 heavy (non-hydrogen) atoms. The van der Waals surface area contributed by atoms with Crippen molar-refractivity contribution in [3.05, 3.63) is 0 Å². The van der Waals surface area contributed by atoms with Crippen LogP contribution in [0.2, 0.25) is 0 Å². The van der Waals surface area contributed by atoms with Crippen LogP contribution in [-0.4, -0.2) is 41.7 Å². The molecule has 1 amide bonds. The summed E-state index contributed by atoms with van der Waals surface area (Å²) in [6, 6.07) is 1.01. The molecule has 2 atom stereocenters. The molecule has 0 aliphatic carbocycles. The van der Waals surface area contributed by atoms with Gasteiger partial charge < -0.3 is 5.32 Å². The number of fused-ring (bicyclic) bond motifs is 1. The molecule has 3 nitrogen and oxygen atoms in total. The van der Waals surface area contributed by atoms with Crippen LogP contribution in [0.1, 0.15) is 32.1 Å². The Morgan fingerprint density at radius 2 is 2.20 bits per heavy atom. The van der Waals surface area contributed by atoms with E-state index in [9.17, 15) is 4.79 Å². The van der Waals surface area contributed by atoms with Gasteiger partial charge in [0.1, 0.15) is 0 Å².